The highest BCUT2D eigenvalue weighted by atomic mass is 16.6. The number of unbranched alkanes of at least 4 members (excludes halogenated alkanes) is 1. The van der Waals surface area contributed by atoms with Crippen LogP contribution in [0.25, 0.3) is 0 Å². The Labute approximate surface area is 211 Å². The van der Waals surface area contributed by atoms with Crippen LogP contribution in [0.2, 0.25) is 0 Å². The first-order valence-electron chi connectivity index (χ1n) is 11.9. The highest BCUT2D eigenvalue weighted by Crippen LogP contribution is 2.13. The van der Waals surface area contributed by atoms with Gasteiger partial charge in [0.15, 0.2) is 0 Å². The van der Waals surface area contributed by atoms with E-state index < -0.39 is 79.7 Å². The normalized spacial score (nSPS) is 20.2. The fourth-order valence-corrected chi connectivity index (χ4v) is 3.32. The van der Waals surface area contributed by atoms with E-state index in [1.54, 1.807) is 20.8 Å². The molecule has 0 unspecified atom stereocenters. The molecule has 36 heavy (non-hydrogen) atoms. The minimum atomic E-state index is -1.87. The van der Waals surface area contributed by atoms with Gasteiger partial charge in [-0.05, 0) is 40.2 Å². The summed E-state index contributed by atoms with van der Waals surface area (Å²) in [7, 11) is 0. The molecule has 0 aromatic heterocycles. The van der Waals surface area contributed by atoms with Gasteiger partial charge in [0.2, 0.25) is 0 Å². The van der Waals surface area contributed by atoms with Crippen LogP contribution in [-0.4, -0.2) is 155 Å². The van der Waals surface area contributed by atoms with Crippen molar-refractivity contribution in [1.29, 1.82) is 0 Å². The molecule has 0 rings (SSSR count). The molecule has 12 N–H and O–H groups in total. The summed E-state index contributed by atoms with van der Waals surface area (Å²) in [4.78, 5) is 13.4. The van der Waals surface area contributed by atoms with Crippen LogP contribution in [0.1, 0.15) is 40.0 Å². The Balaban J connectivity index is 5.16. The first kappa shape index (κ1) is 35.0. The highest BCUT2D eigenvalue weighted by molar-refractivity contribution is 5.75. The largest absolute Gasteiger partial charge is 0.459 e. The Morgan fingerprint density at radius 1 is 0.750 bits per heavy atom. The van der Waals surface area contributed by atoms with Gasteiger partial charge in [-0.3, -0.25) is 9.69 Å². The molecule has 0 saturated heterocycles. The standard InChI is InChI=1S/C22H46N2O12/c1-22(2,3)36-21(35)12(23)6-4-5-7-24(8-13(27)17(31)19(33)15(29)10-25)9-14(28)18(32)20(34)16(30)11-26/h12-20,25-34H,4-11,23H2,1-3H3/t12-,13-,14-,15+,16+,17+,18+,19+,20+/m0/s1. The van der Waals surface area contributed by atoms with Gasteiger partial charge in [-0.2, -0.15) is 0 Å². The quantitative estimate of drug-likeness (QED) is 0.0586. The molecule has 0 heterocycles. The highest BCUT2D eigenvalue weighted by Gasteiger charge is 2.34. The third kappa shape index (κ3) is 13.0. The Kier molecular flexibility index (Phi) is 16.3. The van der Waals surface area contributed by atoms with Gasteiger partial charge in [0, 0.05) is 13.1 Å². The van der Waals surface area contributed by atoms with Gasteiger partial charge in [-0.15, -0.1) is 0 Å². The maximum absolute atomic E-state index is 12.0. The molecule has 0 aliphatic rings. The maximum Gasteiger partial charge on any atom is 0.323 e. The second-order valence-corrected chi connectivity index (χ2v) is 9.99. The first-order valence-corrected chi connectivity index (χ1v) is 11.9. The van der Waals surface area contributed by atoms with Crippen molar-refractivity contribution < 1.29 is 60.6 Å². The van der Waals surface area contributed by atoms with Gasteiger partial charge in [0.1, 0.15) is 48.3 Å². The van der Waals surface area contributed by atoms with Crippen LogP contribution >= 0.6 is 0 Å². The number of rotatable bonds is 18. The number of hydrogen-bond donors (Lipinski definition) is 11. The Hall–Kier alpha value is -1.01. The van der Waals surface area contributed by atoms with E-state index in [1.807, 2.05) is 0 Å². The lowest BCUT2D eigenvalue weighted by Crippen LogP contribution is -2.53. The summed E-state index contributed by atoms with van der Waals surface area (Å²) in [6.07, 6.45) is -13.1. The zero-order chi connectivity index (χ0) is 28.2. The molecule has 0 aliphatic heterocycles. The van der Waals surface area contributed by atoms with Gasteiger partial charge in [0.25, 0.3) is 0 Å². The number of aliphatic hydroxyl groups is 10. The molecular weight excluding hydrogens is 484 g/mol. The lowest BCUT2D eigenvalue weighted by molar-refractivity contribution is -0.156. The summed E-state index contributed by atoms with van der Waals surface area (Å²) in [5.74, 6) is -0.565. The summed E-state index contributed by atoms with van der Waals surface area (Å²) in [5.41, 5.74) is 5.16. The predicted molar refractivity (Wildman–Crippen MR) is 126 cm³/mol. The first-order chi connectivity index (χ1) is 16.5. The zero-order valence-electron chi connectivity index (χ0n) is 21.2. The lowest BCUT2D eigenvalue weighted by Gasteiger charge is -2.33. The minimum Gasteiger partial charge on any atom is -0.459 e. The molecule has 216 valence electrons. The van der Waals surface area contributed by atoms with E-state index >= 15 is 0 Å². The molecule has 9 atom stereocenters. The van der Waals surface area contributed by atoms with Gasteiger partial charge >= 0.3 is 5.97 Å². The van der Waals surface area contributed by atoms with Gasteiger partial charge < -0.3 is 61.5 Å². The fourth-order valence-electron chi connectivity index (χ4n) is 3.32. The van der Waals surface area contributed by atoms with E-state index in [4.69, 9.17) is 20.7 Å². The predicted octanol–water partition coefficient (Wildman–Crippen LogP) is -5.00. The molecule has 14 nitrogen and oxygen atoms in total. The summed E-state index contributed by atoms with van der Waals surface area (Å²) < 4.78 is 5.22. The number of esters is 1. The van der Waals surface area contributed by atoms with Crippen LogP contribution in [0.4, 0.5) is 0 Å². The number of hydrogen-bond acceptors (Lipinski definition) is 14. The maximum atomic E-state index is 12.0. The molecule has 0 aliphatic carbocycles. The second kappa shape index (κ2) is 16.8. The third-order valence-corrected chi connectivity index (χ3v) is 5.49. The van der Waals surface area contributed by atoms with E-state index in [9.17, 15) is 45.6 Å². The molecule has 0 amide bonds. The molecule has 0 fully saturated rings. The third-order valence-electron chi connectivity index (χ3n) is 5.49. The molecule has 0 radical (unpaired) electrons. The van der Waals surface area contributed by atoms with E-state index in [1.165, 1.54) is 4.90 Å². The Bertz CT molecular complexity index is 578. The van der Waals surface area contributed by atoms with E-state index in [2.05, 4.69) is 0 Å². The number of ether oxygens (including phenoxy) is 1. The van der Waals surface area contributed by atoms with E-state index in [0.29, 0.717) is 12.8 Å². The molecule has 14 heteroatoms. The average molecular weight is 531 g/mol. The SMILES string of the molecule is CC(C)(C)OC(=O)[C@@H](N)CCCCN(C[C@H](O)[C@@H](O)[C@H](O)[C@H](O)CO)C[C@H](O)[C@@H](O)[C@H](O)[C@H](O)CO. The smallest absolute Gasteiger partial charge is 0.323 e. The van der Waals surface area contributed by atoms with E-state index in [0.717, 1.165) is 0 Å². The van der Waals surface area contributed by atoms with E-state index in [-0.39, 0.29) is 26.1 Å². The molecule has 0 bridgehead atoms. The molecule has 0 aromatic carbocycles. The van der Waals surface area contributed by atoms with Crippen LogP contribution in [0, 0.1) is 0 Å². The zero-order valence-corrected chi connectivity index (χ0v) is 21.2. The van der Waals surface area contributed by atoms with Crippen LogP contribution in [-0.2, 0) is 9.53 Å². The van der Waals surface area contributed by atoms with Gasteiger partial charge in [-0.1, -0.05) is 6.42 Å². The number of nitrogens with two attached hydrogens (primary N) is 1. The van der Waals surface area contributed by atoms with Crippen molar-refractivity contribution in [3.8, 4) is 0 Å². The van der Waals surface area contributed by atoms with Gasteiger partial charge in [-0.25, -0.2) is 0 Å². The Morgan fingerprint density at radius 2 is 1.14 bits per heavy atom. The van der Waals surface area contributed by atoms with Gasteiger partial charge in [0.05, 0.1) is 25.4 Å². The number of carbonyl (C=O) groups excluding carboxylic acids is 1. The summed E-state index contributed by atoms with van der Waals surface area (Å²) in [6, 6.07) is -0.872. The van der Waals surface area contributed by atoms with Crippen molar-refractivity contribution in [2.75, 3.05) is 32.8 Å². The average Bonchev–Trinajstić information content (AvgIpc) is 2.81. The molecular formula is C22H46N2O12. The number of nitrogens with zero attached hydrogens (tertiary/aromatic N) is 1. The monoisotopic (exact) mass is 530 g/mol. The summed E-state index contributed by atoms with van der Waals surface area (Å²) in [5, 5.41) is 97.4. The summed E-state index contributed by atoms with van der Waals surface area (Å²) >= 11 is 0. The van der Waals surface area contributed by atoms with Crippen LogP contribution < -0.4 is 5.73 Å². The molecule has 0 aromatic rings. The van der Waals surface area contributed by atoms with Crippen LogP contribution in [0.5, 0.6) is 0 Å². The number of carbonyl (C=O) groups is 1. The number of aliphatic hydroxyl groups excluding tert-OH is 10. The van der Waals surface area contributed by atoms with Crippen molar-refractivity contribution in [1.82, 2.24) is 4.90 Å². The fraction of sp³-hybridized carbons (Fsp3) is 0.955. The Morgan fingerprint density at radius 3 is 1.50 bits per heavy atom. The van der Waals surface area contributed by atoms with Crippen molar-refractivity contribution in [3.63, 3.8) is 0 Å². The summed E-state index contributed by atoms with van der Waals surface area (Å²) in [6.45, 7) is 2.83. The molecule has 0 spiro atoms. The van der Waals surface area contributed by atoms with Crippen LogP contribution in [0.3, 0.4) is 0 Å². The van der Waals surface area contributed by atoms with Crippen molar-refractivity contribution in [2.45, 2.75) is 101 Å². The topological polar surface area (TPSA) is 258 Å². The molecule has 0 saturated carbocycles. The van der Waals surface area contributed by atoms with Crippen molar-refractivity contribution in [3.05, 3.63) is 0 Å². The van der Waals surface area contributed by atoms with Crippen molar-refractivity contribution in [2.24, 2.45) is 5.73 Å². The van der Waals surface area contributed by atoms with Crippen molar-refractivity contribution >= 4 is 5.97 Å². The lowest BCUT2D eigenvalue weighted by atomic mass is 10.0. The second-order valence-electron chi connectivity index (χ2n) is 9.99. The minimum absolute atomic E-state index is 0.145. The van der Waals surface area contributed by atoms with Crippen LogP contribution in [0.15, 0.2) is 0 Å².